The van der Waals surface area contributed by atoms with Crippen LogP contribution in [0.15, 0.2) is 48.8 Å². The van der Waals surface area contributed by atoms with Crippen LogP contribution in [0.4, 0.5) is 0 Å². The van der Waals surface area contributed by atoms with E-state index < -0.39 is 23.8 Å². The largest absolute Gasteiger partial charge is 0.468 e. The second-order valence-electron chi connectivity index (χ2n) is 7.11. The molecule has 0 saturated carbocycles. The quantitative estimate of drug-likeness (QED) is 0.352. The molecule has 2 amide bonds. The highest BCUT2D eigenvalue weighted by atomic mass is 35.5. The Balaban J connectivity index is 0.00000544. The van der Waals surface area contributed by atoms with Gasteiger partial charge in [0.1, 0.15) is 12.6 Å². The molecule has 0 radical (unpaired) electrons. The molecular formula is C22H31ClN6O4. The summed E-state index contributed by atoms with van der Waals surface area (Å²) in [5, 5.41) is 5.09. The van der Waals surface area contributed by atoms with Crippen molar-refractivity contribution in [3.63, 3.8) is 0 Å². The molecule has 180 valence electrons. The van der Waals surface area contributed by atoms with Crippen LogP contribution in [0.5, 0.6) is 0 Å². The van der Waals surface area contributed by atoms with E-state index in [1.807, 2.05) is 36.4 Å². The Morgan fingerprint density at radius 2 is 1.67 bits per heavy atom. The normalized spacial score (nSPS) is 11.2. The summed E-state index contributed by atoms with van der Waals surface area (Å²) >= 11 is 0. The fraction of sp³-hybridized carbons (Fsp3) is 0.409. The minimum Gasteiger partial charge on any atom is -0.468 e. The Labute approximate surface area is 199 Å². The zero-order valence-corrected chi connectivity index (χ0v) is 19.4. The molecule has 11 heteroatoms. The van der Waals surface area contributed by atoms with Crippen molar-refractivity contribution in [2.45, 2.75) is 32.0 Å². The molecular weight excluding hydrogens is 448 g/mol. The highest BCUT2D eigenvalue weighted by Crippen LogP contribution is 2.09. The molecule has 2 heterocycles. The molecule has 0 aliphatic carbocycles. The first-order chi connectivity index (χ1) is 15.5. The average Bonchev–Trinajstić information content (AvgIpc) is 2.82. The van der Waals surface area contributed by atoms with Gasteiger partial charge in [-0.1, -0.05) is 12.1 Å². The SMILES string of the molecule is COC(=O)CNC(=O)[C@@H](CCCN(Cc1ccccn1)Cc1ccccn1)NC(=O)CN.Cl. The standard InChI is InChI=1S/C22H30N6O4.ClH/c1-32-21(30)14-26-22(31)19(27-20(29)13-23)9-6-12-28(15-17-7-2-4-10-24-17)16-18-8-3-5-11-25-18;/h2-5,7-8,10-11,19H,6,9,12-16,23H2,1H3,(H,26,31)(H,27,29);1H/t19-;/m1./s1. The van der Waals surface area contributed by atoms with Gasteiger partial charge in [0.05, 0.1) is 25.0 Å². The van der Waals surface area contributed by atoms with Gasteiger partial charge in [0.15, 0.2) is 0 Å². The molecule has 0 fully saturated rings. The second kappa shape index (κ2) is 15.7. The molecule has 0 aliphatic heterocycles. The summed E-state index contributed by atoms with van der Waals surface area (Å²) in [6.45, 7) is 1.38. The minimum atomic E-state index is -0.803. The third-order valence-corrected chi connectivity index (χ3v) is 4.66. The smallest absolute Gasteiger partial charge is 0.325 e. The van der Waals surface area contributed by atoms with Crippen LogP contribution in [-0.4, -0.2) is 65.4 Å². The number of ether oxygens (including phenoxy) is 1. The Kier molecular flexibility index (Phi) is 13.3. The van der Waals surface area contributed by atoms with Gasteiger partial charge in [-0.25, -0.2) is 0 Å². The molecule has 2 aromatic heterocycles. The number of hydrogen-bond acceptors (Lipinski definition) is 8. The lowest BCUT2D eigenvalue weighted by Gasteiger charge is -2.23. The minimum absolute atomic E-state index is 0. The summed E-state index contributed by atoms with van der Waals surface area (Å²) in [6.07, 6.45) is 4.48. The Hall–Kier alpha value is -3.08. The van der Waals surface area contributed by atoms with Gasteiger partial charge < -0.3 is 21.1 Å². The van der Waals surface area contributed by atoms with Crippen LogP contribution in [0.1, 0.15) is 24.2 Å². The molecule has 0 aliphatic rings. The van der Waals surface area contributed by atoms with Gasteiger partial charge in [0, 0.05) is 25.5 Å². The van der Waals surface area contributed by atoms with Crippen molar-refractivity contribution in [3.8, 4) is 0 Å². The van der Waals surface area contributed by atoms with Crippen LogP contribution in [0.2, 0.25) is 0 Å². The third kappa shape index (κ3) is 10.9. The lowest BCUT2D eigenvalue weighted by molar-refractivity contribution is -0.141. The number of aromatic nitrogens is 2. The zero-order chi connectivity index (χ0) is 23.2. The Morgan fingerprint density at radius 1 is 1.06 bits per heavy atom. The van der Waals surface area contributed by atoms with E-state index in [0.717, 1.165) is 11.4 Å². The van der Waals surface area contributed by atoms with Gasteiger partial charge in [-0.05, 0) is 43.7 Å². The molecule has 0 spiro atoms. The molecule has 10 nitrogen and oxygen atoms in total. The number of rotatable bonds is 13. The monoisotopic (exact) mass is 478 g/mol. The predicted octanol–water partition coefficient (Wildman–Crippen LogP) is 0.414. The third-order valence-electron chi connectivity index (χ3n) is 4.66. The second-order valence-corrected chi connectivity index (χ2v) is 7.11. The average molecular weight is 479 g/mol. The lowest BCUT2D eigenvalue weighted by atomic mass is 10.1. The van der Waals surface area contributed by atoms with Crippen LogP contribution in [0.3, 0.4) is 0 Å². The number of amides is 2. The molecule has 33 heavy (non-hydrogen) atoms. The van der Waals surface area contributed by atoms with Gasteiger partial charge in [0.25, 0.3) is 0 Å². The van der Waals surface area contributed by atoms with E-state index in [4.69, 9.17) is 5.73 Å². The van der Waals surface area contributed by atoms with Crippen LogP contribution in [-0.2, 0) is 32.2 Å². The fourth-order valence-corrected chi connectivity index (χ4v) is 3.05. The summed E-state index contributed by atoms with van der Waals surface area (Å²) in [4.78, 5) is 46.5. The number of carbonyl (C=O) groups is 3. The van der Waals surface area contributed by atoms with Gasteiger partial charge in [-0.2, -0.15) is 0 Å². The summed E-state index contributed by atoms with van der Waals surface area (Å²) in [7, 11) is 1.24. The van der Waals surface area contributed by atoms with Crippen molar-refractivity contribution in [1.29, 1.82) is 0 Å². The number of esters is 1. The number of nitrogens with two attached hydrogens (primary N) is 1. The van der Waals surface area contributed by atoms with E-state index in [9.17, 15) is 14.4 Å². The van der Waals surface area contributed by atoms with Crippen molar-refractivity contribution >= 4 is 30.2 Å². The van der Waals surface area contributed by atoms with Gasteiger partial charge in [0.2, 0.25) is 11.8 Å². The highest BCUT2D eigenvalue weighted by Gasteiger charge is 2.21. The maximum atomic E-state index is 12.5. The summed E-state index contributed by atoms with van der Waals surface area (Å²) in [6, 6.07) is 10.7. The van der Waals surface area contributed by atoms with Gasteiger partial charge in [-0.15, -0.1) is 12.4 Å². The predicted molar refractivity (Wildman–Crippen MR) is 125 cm³/mol. The van der Waals surface area contributed by atoms with Crippen molar-refractivity contribution in [2.24, 2.45) is 5.73 Å². The van der Waals surface area contributed by atoms with Crippen molar-refractivity contribution in [2.75, 3.05) is 26.7 Å². The maximum Gasteiger partial charge on any atom is 0.325 e. The lowest BCUT2D eigenvalue weighted by Crippen LogP contribution is -2.49. The summed E-state index contributed by atoms with van der Waals surface area (Å²) in [5.74, 6) is -1.47. The van der Waals surface area contributed by atoms with E-state index in [1.165, 1.54) is 7.11 Å². The zero-order valence-electron chi connectivity index (χ0n) is 18.6. The van der Waals surface area contributed by atoms with E-state index in [1.54, 1.807) is 12.4 Å². The first-order valence-corrected chi connectivity index (χ1v) is 10.4. The number of hydrogen-bond donors (Lipinski definition) is 3. The molecule has 2 rings (SSSR count). The van der Waals surface area contributed by atoms with E-state index >= 15 is 0 Å². The van der Waals surface area contributed by atoms with Crippen LogP contribution in [0.25, 0.3) is 0 Å². The number of nitrogens with zero attached hydrogens (tertiary/aromatic N) is 3. The molecule has 0 aromatic carbocycles. The first-order valence-electron chi connectivity index (χ1n) is 10.4. The van der Waals surface area contributed by atoms with E-state index in [0.29, 0.717) is 32.5 Å². The van der Waals surface area contributed by atoms with Crippen LogP contribution in [0, 0.1) is 0 Å². The summed E-state index contributed by atoms with van der Waals surface area (Å²) < 4.78 is 4.53. The Bertz CT molecular complexity index is 815. The first kappa shape index (κ1) is 28.0. The number of pyridine rings is 2. The number of nitrogens with one attached hydrogen (secondary N) is 2. The highest BCUT2D eigenvalue weighted by molar-refractivity contribution is 5.90. The molecule has 2 aromatic rings. The topological polar surface area (TPSA) is 140 Å². The van der Waals surface area contributed by atoms with Crippen molar-refractivity contribution in [3.05, 3.63) is 60.2 Å². The van der Waals surface area contributed by atoms with Crippen molar-refractivity contribution in [1.82, 2.24) is 25.5 Å². The van der Waals surface area contributed by atoms with E-state index in [2.05, 4.69) is 30.2 Å². The van der Waals surface area contributed by atoms with E-state index in [-0.39, 0.29) is 25.5 Å². The Morgan fingerprint density at radius 3 is 2.15 bits per heavy atom. The maximum absolute atomic E-state index is 12.5. The molecule has 0 bridgehead atoms. The number of halogens is 1. The van der Waals surface area contributed by atoms with Crippen LogP contribution < -0.4 is 16.4 Å². The van der Waals surface area contributed by atoms with Crippen molar-refractivity contribution < 1.29 is 19.1 Å². The van der Waals surface area contributed by atoms with Crippen LogP contribution >= 0.6 is 12.4 Å². The molecule has 4 N–H and O–H groups in total. The number of methoxy groups -OCH3 is 1. The van der Waals surface area contributed by atoms with Gasteiger partial charge in [-0.3, -0.25) is 29.3 Å². The fourth-order valence-electron chi connectivity index (χ4n) is 3.05. The van der Waals surface area contributed by atoms with Gasteiger partial charge >= 0.3 is 5.97 Å². The summed E-state index contributed by atoms with van der Waals surface area (Å²) in [5.41, 5.74) is 7.22. The molecule has 0 unspecified atom stereocenters. The number of carbonyl (C=O) groups excluding carboxylic acids is 3. The molecule has 1 atom stereocenters. The molecule has 0 saturated heterocycles.